The maximum atomic E-state index is 4.58. The minimum atomic E-state index is 0.711. The lowest BCUT2D eigenvalue weighted by molar-refractivity contribution is 0.768. The fourth-order valence-corrected chi connectivity index (χ4v) is 2.59. The highest BCUT2D eigenvalue weighted by Gasteiger charge is 2.06. The third-order valence-electron chi connectivity index (χ3n) is 3.17. The van der Waals surface area contributed by atoms with Crippen molar-refractivity contribution in [2.75, 3.05) is 5.32 Å². The Morgan fingerprint density at radius 2 is 2.09 bits per heavy atom. The number of nitrogens with zero attached hydrogens (tertiary/aromatic N) is 6. The summed E-state index contributed by atoms with van der Waals surface area (Å²) in [7, 11) is 1.89. The van der Waals surface area contributed by atoms with Crippen LogP contribution < -0.4 is 5.32 Å². The molecule has 0 bridgehead atoms. The summed E-state index contributed by atoms with van der Waals surface area (Å²) in [6, 6.07) is 5.81. The van der Waals surface area contributed by atoms with E-state index < -0.39 is 0 Å². The van der Waals surface area contributed by atoms with Crippen LogP contribution in [0.3, 0.4) is 0 Å². The summed E-state index contributed by atoms with van der Waals surface area (Å²) in [6.07, 6.45) is 5.59. The smallest absolute Gasteiger partial charge is 0.210 e. The van der Waals surface area contributed by atoms with Crippen LogP contribution in [0, 0.1) is 0 Å². The van der Waals surface area contributed by atoms with Crippen LogP contribution in [0.5, 0.6) is 0 Å². The highest BCUT2D eigenvalue weighted by molar-refractivity contribution is 7.13. The molecule has 0 unspecified atom stereocenters. The van der Waals surface area contributed by atoms with Crippen LogP contribution in [0.1, 0.15) is 0 Å². The lowest BCUT2D eigenvalue weighted by Gasteiger charge is -2.04. The van der Waals surface area contributed by atoms with E-state index in [2.05, 4.69) is 30.6 Å². The number of fused-ring (bicyclic) bond motifs is 1. The highest BCUT2D eigenvalue weighted by atomic mass is 32.1. The van der Waals surface area contributed by atoms with Gasteiger partial charge >= 0.3 is 0 Å². The van der Waals surface area contributed by atoms with Gasteiger partial charge in [0.2, 0.25) is 5.13 Å². The monoisotopic (exact) mass is 309 g/mol. The molecule has 22 heavy (non-hydrogen) atoms. The second kappa shape index (κ2) is 5.15. The molecule has 4 aromatic rings. The first-order valence-electron chi connectivity index (χ1n) is 6.57. The number of anilines is 2. The number of aryl methyl sites for hydroxylation is 1. The summed E-state index contributed by atoms with van der Waals surface area (Å²) >= 11 is 1.43. The SMILES string of the molecule is Cn1cc(-c2cnc3ccc(Nc4nncs4)nc3c2)cn1. The van der Waals surface area contributed by atoms with Crippen molar-refractivity contribution in [2.45, 2.75) is 0 Å². The van der Waals surface area contributed by atoms with Gasteiger partial charge in [0.25, 0.3) is 0 Å². The van der Waals surface area contributed by atoms with Crippen molar-refractivity contribution in [3.8, 4) is 11.1 Å². The predicted molar refractivity (Wildman–Crippen MR) is 84.9 cm³/mol. The molecule has 108 valence electrons. The van der Waals surface area contributed by atoms with Gasteiger partial charge in [0.05, 0.1) is 17.2 Å². The number of nitrogens with one attached hydrogen (secondary N) is 1. The average Bonchev–Trinajstić information content (AvgIpc) is 3.18. The van der Waals surface area contributed by atoms with E-state index in [1.54, 1.807) is 10.2 Å². The van der Waals surface area contributed by atoms with E-state index in [0.717, 1.165) is 28.0 Å². The molecule has 1 N–H and O–H groups in total. The summed E-state index contributed by atoms with van der Waals surface area (Å²) in [4.78, 5) is 9.03. The standard InChI is InChI=1S/C14H11N7S/c1-21-7-10(6-17-21)9-4-12-11(15-5-9)2-3-13(18-12)19-14-20-16-8-22-14/h2-8H,1H3,(H,18,19,20). The molecule has 0 fully saturated rings. The Kier molecular flexibility index (Phi) is 3.01. The van der Waals surface area contributed by atoms with Crippen molar-refractivity contribution >= 4 is 33.3 Å². The normalized spacial score (nSPS) is 11.0. The van der Waals surface area contributed by atoms with Crippen molar-refractivity contribution < 1.29 is 0 Å². The Morgan fingerprint density at radius 1 is 1.14 bits per heavy atom. The molecule has 0 aliphatic heterocycles. The van der Waals surface area contributed by atoms with Crippen LogP contribution in [0.2, 0.25) is 0 Å². The molecule has 4 heterocycles. The highest BCUT2D eigenvalue weighted by Crippen LogP contribution is 2.23. The first-order chi connectivity index (χ1) is 10.8. The number of rotatable bonds is 3. The first kappa shape index (κ1) is 12.8. The fourth-order valence-electron chi connectivity index (χ4n) is 2.14. The number of aromatic nitrogens is 6. The maximum Gasteiger partial charge on any atom is 0.210 e. The minimum absolute atomic E-state index is 0.711. The topological polar surface area (TPSA) is 81.4 Å². The van der Waals surface area contributed by atoms with Gasteiger partial charge in [0.15, 0.2) is 0 Å². The van der Waals surface area contributed by atoms with E-state index in [1.807, 2.05) is 43.8 Å². The third kappa shape index (κ3) is 2.40. The molecule has 0 aliphatic rings. The number of hydrogen-bond acceptors (Lipinski definition) is 7. The molecular weight excluding hydrogens is 298 g/mol. The third-order valence-corrected chi connectivity index (χ3v) is 3.78. The molecule has 0 saturated carbocycles. The lowest BCUT2D eigenvalue weighted by atomic mass is 10.1. The van der Waals surface area contributed by atoms with E-state index in [0.29, 0.717) is 5.13 Å². The van der Waals surface area contributed by atoms with Crippen molar-refractivity contribution in [1.82, 2.24) is 29.9 Å². The molecule has 0 radical (unpaired) electrons. The Labute approximate surface area is 129 Å². The Morgan fingerprint density at radius 3 is 2.86 bits per heavy atom. The molecule has 0 atom stereocenters. The summed E-state index contributed by atoms with van der Waals surface area (Å²) < 4.78 is 1.76. The molecule has 0 saturated heterocycles. The van der Waals surface area contributed by atoms with Crippen molar-refractivity contribution in [1.29, 1.82) is 0 Å². The zero-order valence-corrected chi connectivity index (χ0v) is 12.4. The van der Waals surface area contributed by atoms with Gasteiger partial charge in [-0.25, -0.2) is 4.98 Å². The number of pyridine rings is 2. The van der Waals surface area contributed by atoms with Crippen LogP contribution in [-0.4, -0.2) is 29.9 Å². The fraction of sp³-hybridized carbons (Fsp3) is 0.0714. The maximum absolute atomic E-state index is 4.58. The van der Waals surface area contributed by atoms with E-state index >= 15 is 0 Å². The predicted octanol–water partition coefficient (Wildman–Crippen LogP) is 2.63. The van der Waals surface area contributed by atoms with Crippen LogP contribution in [-0.2, 0) is 7.05 Å². The second-order valence-electron chi connectivity index (χ2n) is 4.73. The van der Waals surface area contributed by atoms with Crippen molar-refractivity contribution in [3.05, 3.63) is 42.3 Å². The van der Waals surface area contributed by atoms with Crippen molar-refractivity contribution in [2.24, 2.45) is 7.05 Å². The molecule has 4 aromatic heterocycles. The molecule has 0 amide bonds. The van der Waals surface area contributed by atoms with Gasteiger partial charge < -0.3 is 5.32 Å². The summed E-state index contributed by atoms with van der Waals surface area (Å²) in [6.45, 7) is 0. The molecule has 8 heteroatoms. The van der Waals surface area contributed by atoms with Gasteiger partial charge in [-0.05, 0) is 18.2 Å². The first-order valence-corrected chi connectivity index (χ1v) is 7.45. The Hall–Kier alpha value is -2.87. The molecule has 4 rings (SSSR count). The van der Waals surface area contributed by atoms with Crippen LogP contribution in [0.4, 0.5) is 10.9 Å². The van der Waals surface area contributed by atoms with Gasteiger partial charge in [-0.3, -0.25) is 9.67 Å². The lowest BCUT2D eigenvalue weighted by Crippen LogP contribution is -1.94. The summed E-state index contributed by atoms with van der Waals surface area (Å²) in [5.41, 5.74) is 5.33. The zero-order chi connectivity index (χ0) is 14.9. The minimum Gasteiger partial charge on any atom is -0.315 e. The van der Waals surface area contributed by atoms with Gasteiger partial charge in [0.1, 0.15) is 11.3 Å². The second-order valence-corrected chi connectivity index (χ2v) is 5.56. The number of hydrogen-bond donors (Lipinski definition) is 1. The largest absolute Gasteiger partial charge is 0.315 e. The van der Waals surface area contributed by atoms with E-state index in [1.165, 1.54) is 11.3 Å². The van der Waals surface area contributed by atoms with Gasteiger partial charge in [0, 0.05) is 30.6 Å². The van der Waals surface area contributed by atoms with Gasteiger partial charge in [-0.15, -0.1) is 10.2 Å². The quantitative estimate of drug-likeness (QED) is 0.626. The average molecular weight is 309 g/mol. The van der Waals surface area contributed by atoms with Crippen LogP contribution in [0.25, 0.3) is 22.2 Å². The van der Waals surface area contributed by atoms with Crippen molar-refractivity contribution in [3.63, 3.8) is 0 Å². The molecule has 0 aliphatic carbocycles. The van der Waals surface area contributed by atoms with Crippen LogP contribution >= 0.6 is 11.3 Å². The summed E-state index contributed by atoms with van der Waals surface area (Å²) in [5.74, 6) is 0.717. The Bertz CT molecular complexity index is 929. The van der Waals surface area contributed by atoms with E-state index in [4.69, 9.17) is 0 Å². The van der Waals surface area contributed by atoms with E-state index in [9.17, 15) is 0 Å². The molecule has 0 spiro atoms. The zero-order valence-electron chi connectivity index (χ0n) is 11.6. The van der Waals surface area contributed by atoms with E-state index in [-0.39, 0.29) is 0 Å². The molecular formula is C14H11N7S. The molecule has 0 aromatic carbocycles. The Balaban J connectivity index is 1.74. The van der Waals surface area contributed by atoms with Gasteiger partial charge in [-0.2, -0.15) is 5.10 Å². The van der Waals surface area contributed by atoms with Gasteiger partial charge in [-0.1, -0.05) is 11.3 Å². The molecule has 7 nitrogen and oxygen atoms in total. The summed E-state index contributed by atoms with van der Waals surface area (Å²) in [5, 5.41) is 15.8. The van der Waals surface area contributed by atoms with Crippen LogP contribution in [0.15, 0.2) is 42.3 Å².